The van der Waals surface area contributed by atoms with Gasteiger partial charge < -0.3 is 4.42 Å². The Morgan fingerprint density at radius 2 is 1.74 bits per heavy atom. The zero-order valence-corrected chi connectivity index (χ0v) is 12.6. The van der Waals surface area contributed by atoms with Crippen molar-refractivity contribution < 1.29 is 4.42 Å². The lowest BCUT2D eigenvalue weighted by Crippen LogP contribution is -2.00. The third-order valence-electron chi connectivity index (χ3n) is 2.90. The summed E-state index contributed by atoms with van der Waals surface area (Å²) < 4.78 is 5.24. The number of rotatable bonds is 2. The van der Waals surface area contributed by atoms with Crippen LogP contribution in [-0.4, -0.2) is 0 Å². The highest BCUT2D eigenvalue weighted by Crippen LogP contribution is 2.22. The van der Waals surface area contributed by atoms with E-state index in [0.29, 0.717) is 11.5 Å². The molecule has 0 saturated heterocycles. The van der Waals surface area contributed by atoms with Gasteiger partial charge in [-0.1, -0.05) is 53.2 Å². The van der Waals surface area contributed by atoms with Gasteiger partial charge in [-0.15, -0.1) is 0 Å². The zero-order chi connectivity index (χ0) is 14.4. The molecule has 0 aliphatic heterocycles. The van der Waals surface area contributed by atoms with E-state index < -0.39 is 0 Å². The number of aryl methyl sites for hydroxylation is 1. The van der Waals surface area contributed by atoms with Crippen molar-refractivity contribution >= 4 is 11.0 Å². The number of hydrogen-bond acceptors (Lipinski definition) is 2. The third kappa shape index (κ3) is 3.95. The van der Waals surface area contributed by atoms with Gasteiger partial charge >= 0.3 is 5.63 Å². The fraction of sp³-hybridized carbons (Fsp3) is 0.471. The van der Waals surface area contributed by atoms with E-state index in [-0.39, 0.29) is 5.63 Å². The number of fused-ring (bicyclic) bond motifs is 1. The quantitative estimate of drug-likeness (QED) is 0.719. The van der Waals surface area contributed by atoms with Crippen molar-refractivity contribution in [1.82, 2.24) is 0 Å². The van der Waals surface area contributed by atoms with E-state index in [9.17, 15) is 4.79 Å². The molecule has 0 bridgehead atoms. The van der Waals surface area contributed by atoms with Gasteiger partial charge in [-0.05, 0) is 29.5 Å². The molecule has 1 heterocycles. The summed E-state index contributed by atoms with van der Waals surface area (Å²) in [6.45, 7) is 10.6. The van der Waals surface area contributed by atoms with Gasteiger partial charge in [0.05, 0.1) is 0 Å². The van der Waals surface area contributed by atoms with Crippen LogP contribution >= 0.6 is 0 Å². The van der Waals surface area contributed by atoms with Crippen LogP contribution in [0.4, 0.5) is 0 Å². The zero-order valence-electron chi connectivity index (χ0n) is 12.6. The van der Waals surface area contributed by atoms with Crippen molar-refractivity contribution in [3.63, 3.8) is 0 Å². The summed E-state index contributed by atoms with van der Waals surface area (Å²) in [4.78, 5) is 11.4. The molecule has 0 atom stereocenters. The summed E-state index contributed by atoms with van der Waals surface area (Å²) in [5.41, 5.74) is 2.70. The van der Waals surface area contributed by atoms with Crippen LogP contribution in [0.5, 0.6) is 0 Å². The van der Waals surface area contributed by atoms with Crippen molar-refractivity contribution in [3.8, 4) is 0 Å². The highest BCUT2D eigenvalue weighted by molar-refractivity contribution is 5.80. The molecule has 0 spiro atoms. The van der Waals surface area contributed by atoms with E-state index in [1.807, 2.05) is 19.1 Å². The average molecular weight is 260 g/mol. The first-order valence-electron chi connectivity index (χ1n) is 7.10. The van der Waals surface area contributed by atoms with Crippen molar-refractivity contribution in [3.05, 3.63) is 45.8 Å². The Labute approximate surface area is 115 Å². The maximum absolute atomic E-state index is 11.4. The van der Waals surface area contributed by atoms with Gasteiger partial charge in [-0.2, -0.15) is 0 Å². The predicted octanol–water partition coefficient (Wildman–Crippen LogP) is 4.90. The molecule has 0 unspecified atom stereocenters. The minimum absolute atomic E-state index is 0.259. The van der Waals surface area contributed by atoms with E-state index in [0.717, 1.165) is 17.4 Å². The summed E-state index contributed by atoms with van der Waals surface area (Å²) in [5.74, 6) is 0.444. The Hall–Kier alpha value is -1.57. The molecule has 2 rings (SSSR count). The topological polar surface area (TPSA) is 30.2 Å². The molecule has 2 aromatic rings. The molecule has 19 heavy (non-hydrogen) atoms. The highest BCUT2D eigenvalue weighted by Gasteiger charge is 2.06. The van der Waals surface area contributed by atoms with Crippen LogP contribution in [0.3, 0.4) is 0 Å². The van der Waals surface area contributed by atoms with E-state index in [1.54, 1.807) is 6.07 Å². The lowest BCUT2D eigenvalue weighted by molar-refractivity contribution is 0.558. The molecule has 1 aromatic carbocycles. The molecule has 2 heteroatoms. The van der Waals surface area contributed by atoms with Gasteiger partial charge in [-0.3, -0.25) is 0 Å². The predicted molar refractivity (Wildman–Crippen MR) is 81.9 cm³/mol. The van der Waals surface area contributed by atoms with Crippen molar-refractivity contribution in [2.75, 3.05) is 0 Å². The van der Waals surface area contributed by atoms with Crippen LogP contribution in [0.2, 0.25) is 0 Å². The van der Waals surface area contributed by atoms with Crippen LogP contribution < -0.4 is 5.63 Å². The Balaban J connectivity index is 0.000000550. The summed E-state index contributed by atoms with van der Waals surface area (Å²) in [6, 6.07) is 7.70. The molecule has 0 fully saturated rings. The summed E-state index contributed by atoms with van der Waals surface area (Å²) in [6.07, 6.45) is 2.10. The van der Waals surface area contributed by atoms with Gasteiger partial charge in [0.2, 0.25) is 0 Å². The normalized spacial score (nSPS) is 10.4. The second-order valence-electron chi connectivity index (χ2n) is 5.06. The Morgan fingerprint density at radius 1 is 1.11 bits per heavy atom. The van der Waals surface area contributed by atoms with Crippen LogP contribution in [0.1, 0.15) is 58.1 Å². The second-order valence-corrected chi connectivity index (χ2v) is 5.06. The fourth-order valence-corrected chi connectivity index (χ4v) is 1.90. The van der Waals surface area contributed by atoms with E-state index in [4.69, 9.17) is 4.42 Å². The molecule has 2 nitrogen and oxygen atoms in total. The Kier molecular flexibility index (Phi) is 5.81. The first-order chi connectivity index (χ1) is 9.03. The van der Waals surface area contributed by atoms with Gasteiger partial charge in [0.25, 0.3) is 0 Å². The average Bonchev–Trinajstić information content (AvgIpc) is 2.37. The monoisotopic (exact) mass is 260 g/mol. The van der Waals surface area contributed by atoms with Gasteiger partial charge in [0.15, 0.2) is 0 Å². The third-order valence-corrected chi connectivity index (χ3v) is 2.90. The smallest absolute Gasteiger partial charge is 0.336 e. The SMILES string of the molecule is CCC.CCc1cc(=O)oc2cc(C(C)C)ccc12. The van der Waals surface area contributed by atoms with Crippen molar-refractivity contribution in [2.45, 2.75) is 53.4 Å². The van der Waals surface area contributed by atoms with Crippen molar-refractivity contribution in [2.24, 2.45) is 0 Å². The molecular formula is C17H24O2. The first kappa shape index (κ1) is 15.5. The minimum Gasteiger partial charge on any atom is -0.423 e. The molecule has 0 aliphatic rings. The van der Waals surface area contributed by atoms with Gasteiger partial charge in [-0.25, -0.2) is 4.79 Å². The van der Waals surface area contributed by atoms with E-state index in [1.165, 1.54) is 12.0 Å². The standard InChI is InChI=1S/C14H16O2.C3H8/c1-4-10-8-14(15)16-13-7-11(9(2)3)5-6-12(10)13;1-3-2/h5-9H,4H2,1-3H3;3H2,1-2H3. The molecule has 0 N–H and O–H groups in total. The molecule has 104 valence electrons. The maximum atomic E-state index is 11.4. The second kappa shape index (κ2) is 7.13. The van der Waals surface area contributed by atoms with Crippen molar-refractivity contribution in [1.29, 1.82) is 0 Å². The number of benzene rings is 1. The molecule has 0 amide bonds. The molecule has 0 aliphatic carbocycles. The molecule has 0 radical (unpaired) electrons. The summed E-state index contributed by atoms with van der Waals surface area (Å²) >= 11 is 0. The van der Waals surface area contributed by atoms with Gasteiger partial charge in [0.1, 0.15) is 5.58 Å². The van der Waals surface area contributed by atoms with Gasteiger partial charge in [0, 0.05) is 11.5 Å². The molecule has 0 saturated carbocycles. The lowest BCUT2D eigenvalue weighted by atomic mass is 10.00. The summed E-state index contributed by atoms with van der Waals surface area (Å²) in [7, 11) is 0. The Morgan fingerprint density at radius 3 is 2.26 bits per heavy atom. The first-order valence-corrected chi connectivity index (χ1v) is 7.10. The van der Waals surface area contributed by atoms with Crippen LogP contribution in [0.15, 0.2) is 33.5 Å². The number of hydrogen-bond donors (Lipinski definition) is 0. The van der Waals surface area contributed by atoms with E-state index >= 15 is 0 Å². The van der Waals surface area contributed by atoms with Crippen LogP contribution in [-0.2, 0) is 6.42 Å². The molecule has 1 aromatic heterocycles. The highest BCUT2D eigenvalue weighted by atomic mass is 16.4. The van der Waals surface area contributed by atoms with E-state index in [2.05, 4.69) is 33.8 Å². The Bertz CT molecular complexity index is 579. The molecular weight excluding hydrogens is 236 g/mol. The van der Waals surface area contributed by atoms with Crippen LogP contribution in [0.25, 0.3) is 11.0 Å². The largest absolute Gasteiger partial charge is 0.423 e. The maximum Gasteiger partial charge on any atom is 0.336 e. The van der Waals surface area contributed by atoms with Crippen LogP contribution in [0, 0.1) is 0 Å². The summed E-state index contributed by atoms with van der Waals surface area (Å²) in [5, 5.41) is 1.05. The lowest BCUT2D eigenvalue weighted by Gasteiger charge is -2.07. The minimum atomic E-state index is -0.259. The fourth-order valence-electron chi connectivity index (χ4n) is 1.90.